The Bertz CT molecular complexity index is 476. The van der Waals surface area contributed by atoms with Crippen LogP contribution in [-0.2, 0) is 10.2 Å². The van der Waals surface area contributed by atoms with Crippen LogP contribution >= 0.6 is 27.5 Å². The Kier molecular flexibility index (Phi) is 4.61. The maximum atomic E-state index is 11.5. The standard InChI is InChI=1S/C9H12BrClN2O2S/c1-6(2)12-16(14,15)13-7-3-4-8(10)9(11)5-7/h3-6,12-13H,1-2H3. The third kappa shape index (κ3) is 4.29. The molecule has 0 heterocycles. The molecule has 1 aromatic rings. The zero-order valence-electron chi connectivity index (χ0n) is 8.79. The number of nitrogens with one attached hydrogen (secondary N) is 2. The van der Waals surface area contributed by atoms with Crippen molar-refractivity contribution in [3.05, 3.63) is 27.7 Å². The molecule has 1 aromatic carbocycles. The van der Waals surface area contributed by atoms with Gasteiger partial charge in [-0.1, -0.05) is 11.6 Å². The lowest BCUT2D eigenvalue weighted by molar-refractivity contribution is 0.575. The Morgan fingerprint density at radius 1 is 1.38 bits per heavy atom. The average Bonchev–Trinajstić information content (AvgIpc) is 2.08. The summed E-state index contributed by atoms with van der Waals surface area (Å²) in [4.78, 5) is 0. The molecule has 0 aliphatic carbocycles. The van der Waals surface area contributed by atoms with Crippen LogP contribution in [0.15, 0.2) is 22.7 Å². The maximum Gasteiger partial charge on any atom is 0.299 e. The Balaban J connectivity index is 2.84. The SMILES string of the molecule is CC(C)NS(=O)(=O)Nc1ccc(Br)c(Cl)c1. The lowest BCUT2D eigenvalue weighted by Crippen LogP contribution is -2.35. The molecule has 0 atom stereocenters. The van der Waals surface area contributed by atoms with Gasteiger partial charge >= 0.3 is 0 Å². The van der Waals surface area contributed by atoms with Gasteiger partial charge in [0.25, 0.3) is 10.2 Å². The van der Waals surface area contributed by atoms with Gasteiger partial charge in [-0.05, 0) is 48.0 Å². The van der Waals surface area contributed by atoms with Crippen LogP contribution in [0.25, 0.3) is 0 Å². The number of anilines is 1. The molecule has 0 unspecified atom stereocenters. The highest BCUT2D eigenvalue weighted by atomic mass is 79.9. The van der Waals surface area contributed by atoms with E-state index in [1.54, 1.807) is 26.0 Å². The fourth-order valence-corrected chi connectivity index (χ4v) is 2.60. The van der Waals surface area contributed by atoms with Gasteiger partial charge < -0.3 is 0 Å². The van der Waals surface area contributed by atoms with Crippen LogP contribution in [-0.4, -0.2) is 14.5 Å². The van der Waals surface area contributed by atoms with Crippen LogP contribution < -0.4 is 9.44 Å². The number of halogens is 2. The fraction of sp³-hybridized carbons (Fsp3) is 0.333. The van der Waals surface area contributed by atoms with Gasteiger partial charge in [-0.25, -0.2) is 0 Å². The van der Waals surface area contributed by atoms with E-state index in [0.717, 1.165) is 0 Å². The fourth-order valence-electron chi connectivity index (χ4n) is 1.05. The molecule has 0 saturated carbocycles. The van der Waals surface area contributed by atoms with Gasteiger partial charge in [-0.3, -0.25) is 4.72 Å². The number of hydrogen-bond acceptors (Lipinski definition) is 2. The van der Waals surface area contributed by atoms with E-state index in [4.69, 9.17) is 11.6 Å². The first-order chi connectivity index (χ1) is 7.30. The van der Waals surface area contributed by atoms with Gasteiger partial charge in [-0.15, -0.1) is 0 Å². The van der Waals surface area contributed by atoms with E-state index >= 15 is 0 Å². The van der Waals surface area contributed by atoms with E-state index in [-0.39, 0.29) is 6.04 Å². The van der Waals surface area contributed by atoms with Gasteiger partial charge in [0.05, 0.1) is 10.7 Å². The van der Waals surface area contributed by atoms with Crippen LogP contribution in [0, 0.1) is 0 Å². The van der Waals surface area contributed by atoms with Crippen molar-refractivity contribution < 1.29 is 8.42 Å². The van der Waals surface area contributed by atoms with E-state index in [1.807, 2.05) is 0 Å². The third-order valence-electron chi connectivity index (χ3n) is 1.56. The maximum absolute atomic E-state index is 11.5. The summed E-state index contributed by atoms with van der Waals surface area (Å²) in [7, 11) is -3.54. The minimum Gasteiger partial charge on any atom is -0.271 e. The summed E-state index contributed by atoms with van der Waals surface area (Å²) >= 11 is 9.07. The van der Waals surface area contributed by atoms with Crippen molar-refractivity contribution in [3.8, 4) is 0 Å². The highest BCUT2D eigenvalue weighted by Gasteiger charge is 2.11. The number of hydrogen-bond donors (Lipinski definition) is 2. The normalized spacial score (nSPS) is 11.8. The highest BCUT2D eigenvalue weighted by molar-refractivity contribution is 9.10. The molecule has 0 spiro atoms. The van der Waals surface area contributed by atoms with Gasteiger partial charge in [0, 0.05) is 10.5 Å². The van der Waals surface area contributed by atoms with Gasteiger partial charge in [0.1, 0.15) is 0 Å². The molecule has 0 radical (unpaired) electrons. The molecule has 90 valence electrons. The second-order valence-corrected chi connectivity index (χ2v) is 6.22. The molecule has 0 bridgehead atoms. The smallest absolute Gasteiger partial charge is 0.271 e. The molecular weight excluding hydrogens is 316 g/mol. The Labute approximate surface area is 109 Å². The van der Waals surface area contributed by atoms with E-state index < -0.39 is 10.2 Å². The number of rotatable bonds is 4. The van der Waals surface area contributed by atoms with E-state index in [0.29, 0.717) is 15.2 Å². The van der Waals surface area contributed by atoms with Crippen molar-refractivity contribution in [2.45, 2.75) is 19.9 Å². The molecule has 0 aliphatic heterocycles. The van der Waals surface area contributed by atoms with Crippen LogP contribution in [0.2, 0.25) is 5.02 Å². The zero-order chi connectivity index (χ0) is 12.3. The Hall–Kier alpha value is -0.300. The average molecular weight is 328 g/mol. The van der Waals surface area contributed by atoms with Crippen molar-refractivity contribution in [2.75, 3.05) is 4.72 Å². The first kappa shape index (κ1) is 13.8. The highest BCUT2D eigenvalue weighted by Crippen LogP contribution is 2.25. The predicted molar refractivity (Wildman–Crippen MR) is 70.0 cm³/mol. The van der Waals surface area contributed by atoms with Crippen molar-refractivity contribution >= 4 is 43.4 Å². The summed E-state index contributed by atoms with van der Waals surface area (Å²) in [5, 5.41) is 0.449. The second-order valence-electron chi connectivity index (χ2n) is 3.51. The molecule has 1 rings (SSSR count). The van der Waals surface area contributed by atoms with E-state index in [2.05, 4.69) is 25.4 Å². The zero-order valence-corrected chi connectivity index (χ0v) is 11.9. The van der Waals surface area contributed by atoms with Crippen LogP contribution in [0.4, 0.5) is 5.69 Å². The third-order valence-corrected chi connectivity index (χ3v) is 4.08. The number of benzene rings is 1. The van der Waals surface area contributed by atoms with Crippen LogP contribution in [0.1, 0.15) is 13.8 Å². The van der Waals surface area contributed by atoms with Crippen molar-refractivity contribution in [1.29, 1.82) is 0 Å². The molecule has 0 amide bonds. The molecule has 16 heavy (non-hydrogen) atoms. The second kappa shape index (κ2) is 5.35. The minimum atomic E-state index is -3.54. The molecule has 0 aromatic heterocycles. The first-order valence-corrected chi connectivity index (χ1v) is 7.21. The molecule has 0 aliphatic rings. The van der Waals surface area contributed by atoms with Gasteiger partial charge in [0.15, 0.2) is 0 Å². The topological polar surface area (TPSA) is 58.2 Å². The summed E-state index contributed by atoms with van der Waals surface area (Å²) in [6.45, 7) is 3.49. The predicted octanol–water partition coefficient (Wildman–Crippen LogP) is 2.76. The summed E-state index contributed by atoms with van der Waals surface area (Å²) in [5.41, 5.74) is 0.418. The molecule has 0 saturated heterocycles. The van der Waals surface area contributed by atoms with Gasteiger partial charge in [-0.2, -0.15) is 13.1 Å². The van der Waals surface area contributed by atoms with Crippen molar-refractivity contribution in [3.63, 3.8) is 0 Å². The quantitative estimate of drug-likeness (QED) is 0.893. The molecular formula is C9H12BrClN2O2S. The molecule has 2 N–H and O–H groups in total. The molecule has 0 fully saturated rings. The summed E-state index contributed by atoms with van der Waals surface area (Å²) in [6, 6.07) is 4.67. The molecule has 7 heteroatoms. The molecule has 4 nitrogen and oxygen atoms in total. The minimum absolute atomic E-state index is 0.163. The monoisotopic (exact) mass is 326 g/mol. The van der Waals surface area contributed by atoms with Crippen LogP contribution in [0.3, 0.4) is 0 Å². The Morgan fingerprint density at radius 2 is 2.00 bits per heavy atom. The largest absolute Gasteiger partial charge is 0.299 e. The van der Waals surface area contributed by atoms with Crippen molar-refractivity contribution in [1.82, 2.24) is 4.72 Å². The summed E-state index contributed by atoms with van der Waals surface area (Å²) < 4.78 is 28.6. The lowest BCUT2D eigenvalue weighted by atomic mass is 10.3. The van der Waals surface area contributed by atoms with E-state index in [9.17, 15) is 8.42 Å². The van der Waals surface area contributed by atoms with Crippen molar-refractivity contribution in [2.24, 2.45) is 0 Å². The lowest BCUT2D eigenvalue weighted by Gasteiger charge is -2.11. The summed E-state index contributed by atoms with van der Waals surface area (Å²) in [6.07, 6.45) is 0. The van der Waals surface area contributed by atoms with Gasteiger partial charge in [0.2, 0.25) is 0 Å². The Morgan fingerprint density at radius 3 is 2.50 bits per heavy atom. The summed E-state index contributed by atoms with van der Waals surface area (Å²) in [5.74, 6) is 0. The van der Waals surface area contributed by atoms with E-state index in [1.165, 1.54) is 6.07 Å². The van der Waals surface area contributed by atoms with Crippen LogP contribution in [0.5, 0.6) is 0 Å². The first-order valence-electron chi connectivity index (χ1n) is 4.55.